The van der Waals surface area contributed by atoms with Gasteiger partial charge in [0.2, 0.25) is 0 Å². The molecule has 0 bridgehead atoms. The average molecular weight is 273 g/mol. The van der Waals surface area contributed by atoms with E-state index in [1.807, 2.05) is 0 Å². The van der Waals surface area contributed by atoms with Crippen LogP contribution in [0, 0.1) is 0 Å². The zero-order valence-electron chi connectivity index (χ0n) is 12.4. The van der Waals surface area contributed by atoms with Crippen molar-refractivity contribution >= 4 is 5.97 Å². The van der Waals surface area contributed by atoms with Crippen molar-refractivity contribution < 1.29 is 19.0 Å². The normalized spacial score (nSPS) is 23.6. The Labute approximate surface area is 116 Å². The van der Waals surface area contributed by atoms with E-state index >= 15 is 0 Å². The summed E-state index contributed by atoms with van der Waals surface area (Å²) in [5.41, 5.74) is 0. The molecule has 0 spiro atoms. The van der Waals surface area contributed by atoms with E-state index < -0.39 is 0 Å². The summed E-state index contributed by atoms with van der Waals surface area (Å²) in [6.07, 6.45) is 5.33. The predicted molar refractivity (Wildman–Crippen MR) is 73.1 cm³/mol. The van der Waals surface area contributed by atoms with Gasteiger partial charge in [-0.05, 0) is 25.7 Å². The second-order valence-electron chi connectivity index (χ2n) is 5.03. The molecular formula is C14H27NO4. The van der Waals surface area contributed by atoms with Crippen LogP contribution in [-0.2, 0) is 19.0 Å². The van der Waals surface area contributed by atoms with E-state index in [4.69, 9.17) is 14.2 Å². The Kier molecular flexibility index (Phi) is 8.02. The Hall–Kier alpha value is -0.650. The second kappa shape index (κ2) is 9.28. The molecule has 5 heteroatoms. The largest absolute Gasteiger partial charge is 0.469 e. The lowest BCUT2D eigenvalue weighted by Gasteiger charge is -2.36. The monoisotopic (exact) mass is 273 g/mol. The van der Waals surface area contributed by atoms with Crippen LogP contribution in [0.3, 0.4) is 0 Å². The summed E-state index contributed by atoms with van der Waals surface area (Å²) >= 11 is 0. The molecule has 0 amide bonds. The van der Waals surface area contributed by atoms with E-state index in [1.54, 1.807) is 14.2 Å². The van der Waals surface area contributed by atoms with Gasteiger partial charge in [-0.25, -0.2) is 0 Å². The van der Waals surface area contributed by atoms with Gasteiger partial charge < -0.3 is 14.2 Å². The van der Waals surface area contributed by atoms with E-state index in [2.05, 4.69) is 4.90 Å². The van der Waals surface area contributed by atoms with Gasteiger partial charge in [0, 0.05) is 33.4 Å². The Balaban J connectivity index is 2.48. The first kappa shape index (κ1) is 16.4. The number of carbonyl (C=O) groups excluding carboxylic acids is 1. The lowest BCUT2D eigenvalue weighted by atomic mass is 9.91. The number of hydrogen-bond donors (Lipinski definition) is 0. The zero-order chi connectivity index (χ0) is 14.1. The third kappa shape index (κ3) is 5.89. The van der Waals surface area contributed by atoms with Gasteiger partial charge in [0.15, 0.2) is 0 Å². The van der Waals surface area contributed by atoms with E-state index in [9.17, 15) is 4.79 Å². The molecular weight excluding hydrogens is 246 g/mol. The molecule has 1 fully saturated rings. The fraction of sp³-hybridized carbons (Fsp3) is 0.929. The maximum atomic E-state index is 11.3. The minimum Gasteiger partial charge on any atom is -0.469 e. The molecule has 0 saturated heterocycles. The molecule has 0 heterocycles. The second-order valence-corrected chi connectivity index (χ2v) is 5.03. The van der Waals surface area contributed by atoms with Crippen LogP contribution in [0.5, 0.6) is 0 Å². The number of hydrogen-bond acceptors (Lipinski definition) is 5. The Bertz CT molecular complexity index is 260. The van der Waals surface area contributed by atoms with Crippen LogP contribution in [0.15, 0.2) is 0 Å². The van der Waals surface area contributed by atoms with Crippen molar-refractivity contribution in [1.29, 1.82) is 0 Å². The molecule has 0 aliphatic heterocycles. The number of nitrogens with zero attached hydrogens (tertiary/aromatic N) is 1. The first-order valence-electron chi connectivity index (χ1n) is 7.03. The average Bonchev–Trinajstić information content (AvgIpc) is 2.47. The molecule has 0 radical (unpaired) electrons. The topological polar surface area (TPSA) is 48.0 Å². The van der Waals surface area contributed by atoms with Gasteiger partial charge in [-0.2, -0.15) is 0 Å². The van der Waals surface area contributed by atoms with Gasteiger partial charge in [-0.1, -0.05) is 0 Å². The van der Waals surface area contributed by atoms with Crippen LogP contribution in [0.1, 0.15) is 32.1 Å². The quantitative estimate of drug-likeness (QED) is 0.627. The molecule has 2 atom stereocenters. The minimum absolute atomic E-state index is 0.151. The van der Waals surface area contributed by atoms with Crippen LogP contribution in [0.4, 0.5) is 0 Å². The van der Waals surface area contributed by atoms with Crippen LogP contribution in [0.2, 0.25) is 0 Å². The van der Waals surface area contributed by atoms with E-state index in [0.29, 0.717) is 25.2 Å². The Morgan fingerprint density at radius 1 is 1.21 bits per heavy atom. The van der Waals surface area contributed by atoms with Gasteiger partial charge in [0.1, 0.15) is 0 Å². The molecule has 1 aliphatic carbocycles. The molecule has 2 unspecified atom stereocenters. The maximum absolute atomic E-state index is 11.3. The Morgan fingerprint density at radius 2 is 2.00 bits per heavy atom. The summed E-state index contributed by atoms with van der Waals surface area (Å²) in [6, 6.07) is 0.485. The molecule has 1 aliphatic rings. The fourth-order valence-electron chi connectivity index (χ4n) is 2.69. The summed E-state index contributed by atoms with van der Waals surface area (Å²) in [5, 5.41) is 0. The smallest absolute Gasteiger partial charge is 0.306 e. The van der Waals surface area contributed by atoms with Gasteiger partial charge in [-0.15, -0.1) is 0 Å². The molecule has 0 aromatic rings. The van der Waals surface area contributed by atoms with Gasteiger partial charge in [-0.3, -0.25) is 9.69 Å². The van der Waals surface area contributed by atoms with E-state index in [1.165, 1.54) is 20.0 Å². The highest BCUT2D eigenvalue weighted by molar-refractivity contribution is 5.69. The van der Waals surface area contributed by atoms with Crippen molar-refractivity contribution in [2.75, 3.05) is 41.0 Å². The van der Waals surface area contributed by atoms with Crippen molar-refractivity contribution in [1.82, 2.24) is 4.90 Å². The lowest BCUT2D eigenvalue weighted by Crippen LogP contribution is -2.43. The summed E-state index contributed by atoms with van der Waals surface area (Å²) in [5.74, 6) is -0.151. The van der Waals surface area contributed by atoms with Crippen molar-refractivity contribution in [3.05, 3.63) is 0 Å². The zero-order valence-corrected chi connectivity index (χ0v) is 12.4. The molecule has 0 N–H and O–H groups in total. The summed E-state index contributed by atoms with van der Waals surface area (Å²) in [6.45, 7) is 2.28. The number of methoxy groups -OCH3 is 3. The van der Waals surface area contributed by atoms with E-state index in [-0.39, 0.29) is 5.97 Å². The van der Waals surface area contributed by atoms with Crippen molar-refractivity contribution in [3.8, 4) is 0 Å². The predicted octanol–water partition coefficient (Wildman–Crippen LogP) is 1.46. The molecule has 0 aromatic heterocycles. The van der Waals surface area contributed by atoms with Crippen molar-refractivity contribution in [2.24, 2.45) is 0 Å². The molecule has 19 heavy (non-hydrogen) atoms. The Morgan fingerprint density at radius 3 is 2.63 bits per heavy atom. The van der Waals surface area contributed by atoms with Crippen LogP contribution < -0.4 is 0 Å². The maximum Gasteiger partial charge on any atom is 0.306 e. The lowest BCUT2D eigenvalue weighted by molar-refractivity contribution is -0.141. The third-order valence-electron chi connectivity index (χ3n) is 3.86. The standard InChI is InChI=1S/C14H27NO4/c1-17-10-9-15(8-7-14(16)19-3)12-5-4-6-13(11-12)18-2/h12-13H,4-11H2,1-3H3. The summed E-state index contributed by atoms with van der Waals surface area (Å²) < 4.78 is 15.3. The SMILES string of the molecule is COCCN(CCC(=O)OC)C1CCCC(OC)C1. The van der Waals surface area contributed by atoms with Crippen molar-refractivity contribution in [2.45, 2.75) is 44.2 Å². The fourth-order valence-corrected chi connectivity index (χ4v) is 2.69. The number of esters is 1. The number of ether oxygens (including phenoxy) is 3. The molecule has 0 aromatic carbocycles. The molecule has 1 rings (SSSR count). The summed E-state index contributed by atoms with van der Waals surface area (Å²) in [4.78, 5) is 13.6. The van der Waals surface area contributed by atoms with Crippen LogP contribution in [0.25, 0.3) is 0 Å². The molecule has 1 saturated carbocycles. The highest BCUT2D eigenvalue weighted by atomic mass is 16.5. The number of carbonyl (C=O) groups is 1. The van der Waals surface area contributed by atoms with Crippen molar-refractivity contribution in [3.63, 3.8) is 0 Å². The first-order valence-corrected chi connectivity index (χ1v) is 7.03. The molecule has 112 valence electrons. The third-order valence-corrected chi connectivity index (χ3v) is 3.86. The van der Waals surface area contributed by atoms with Gasteiger partial charge >= 0.3 is 5.97 Å². The number of rotatable bonds is 8. The van der Waals surface area contributed by atoms with Crippen LogP contribution in [-0.4, -0.2) is 64.0 Å². The van der Waals surface area contributed by atoms with Gasteiger partial charge in [0.05, 0.1) is 26.2 Å². The van der Waals surface area contributed by atoms with E-state index in [0.717, 1.165) is 25.9 Å². The van der Waals surface area contributed by atoms with Gasteiger partial charge in [0.25, 0.3) is 0 Å². The highest BCUT2D eigenvalue weighted by Gasteiger charge is 2.26. The summed E-state index contributed by atoms with van der Waals surface area (Å²) in [7, 11) is 4.92. The minimum atomic E-state index is -0.151. The molecule has 5 nitrogen and oxygen atoms in total. The van der Waals surface area contributed by atoms with Crippen LogP contribution >= 0.6 is 0 Å². The first-order chi connectivity index (χ1) is 9.21. The highest BCUT2D eigenvalue weighted by Crippen LogP contribution is 2.25.